The maximum Gasteiger partial charge on any atom is 0.123 e. The van der Waals surface area contributed by atoms with E-state index >= 15 is 0 Å². The van der Waals surface area contributed by atoms with Gasteiger partial charge in [-0.15, -0.1) is 0 Å². The molecule has 2 aromatic rings. The molecule has 0 bridgehead atoms. The van der Waals surface area contributed by atoms with E-state index in [1.165, 1.54) is 17.2 Å². The molecule has 0 aromatic heterocycles. The van der Waals surface area contributed by atoms with Crippen LogP contribution in [0.5, 0.6) is 0 Å². The van der Waals surface area contributed by atoms with Gasteiger partial charge < -0.3 is 5.73 Å². The van der Waals surface area contributed by atoms with Crippen LogP contribution in [0.15, 0.2) is 42.5 Å². The Kier molecular flexibility index (Phi) is 3.58. The van der Waals surface area contributed by atoms with Gasteiger partial charge in [-0.3, -0.25) is 0 Å². The number of fused-ring (bicyclic) bond motifs is 1. The van der Waals surface area contributed by atoms with E-state index < -0.39 is 0 Å². The summed E-state index contributed by atoms with van der Waals surface area (Å²) in [5.41, 5.74) is 11.0. The van der Waals surface area contributed by atoms with Crippen molar-refractivity contribution in [3.63, 3.8) is 0 Å². The molecule has 2 aromatic carbocycles. The van der Waals surface area contributed by atoms with Crippen LogP contribution in [0.3, 0.4) is 0 Å². The topological polar surface area (TPSA) is 26.0 Å². The summed E-state index contributed by atoms with van der Waals surface area (Å²) < 4.78 is 13.3. The van der Waals surface area contributed by atoms with Crippen LogP contribution >= 0.6 is 0 Å². The lowest BCUT2D eigenvalue weighted by atomic mass is 9.85. The summed E-state index contributed by atoms with van der Waals surface area (Å²) in [5.74, 6) is 0.375. The van der Waals surface area contributed by atoms with E-state index in [0.29, 0.717) is 5.92 Å². The molecule has 1 aliphatic carbocycles. The first-order chi connectivity index (χ1) is 9.98. The Hall–Kier alpha value is -1.67. The van der Waals surface area contributed by atoms with E-state index in [4.69, 9.17) is 5.73 Å². The molecule has 3 rings (SSSR count). The third-order valence-corrected chi connectivity index (χ3v) is 4.61. The predicted octanol–water partition coefficient (Wildman–Crippen LogP) is 4.29. The summed E-state index contributed by atoms with van der Waals surface area (Å²) in [7, 11) is 0. The van der Waals surface area contributed by atoms with E-state index in [2.05, 4.69) is 38.1 Å². The summed E-state index contributed by atoms with van der Waals surface area (Å²) >= 11 is 0. The SMILES string of the molecule is CC(C)c1ccc(CC2(N)CCc3cc(F)ccc32)cc1. The number of benzene rings is 2. The Morgan fingerprint density at radius 1 is 1.14 bits per heavy atom. The third kappa shape index (κ3) is 2.73. The Morgan fingerprint density at radius 2 is 1.86 bits per heavy atom. The summed E-state index contributed by atoms with van der Waals surface area (Å²) in [6.07, 6.45) is 2.56. The number of hydrogen-bond acceptors (Lipinski definition) is 1. The molecule has 21 heavy (non-hydrogen) atoms. The van der Waals surface area contributed by atoms with Crippen molar-refractivity contribution in [3.8, 4) is 0 Å². The fraction of sp³-hybridized carbons (Fsp3) is 0.368. The van der Waals surface area contributed by atoms with E-state index in [-0.39, 0.29) is 11.4 Å². The van der Waals surface area contributed by atoms with Crippen LogP contribution in [-0.4, -0.2) is 0 Å². The molecule has 0 heterocycles. The molecule has 1 atom stereocenters. The average Bonchev–Trinajstić information content (AvgIpc) is 2.76. The molecule has 0 saturated carbocycles. The van der Waals surface area contributed by atoms with Gasteiger partial charge >= 0.3 is 0 Å². The van der Waals surface area contributed by atoms with Gasteiger partial charge in [0.2, 0.25) is 0 Å². The zero-order valence-corrected chi connectivity index (χ0v) is 12.7. The third-order valence-electron chi connectivity index (χ3n) is 4.61. The van der Waals surface area contributed by atoms with Crippen molar-refractivity contribution in [1.82, 2.24) is 0 Å². The minimum atomic E-state index is -0.359. The molecule has 2 heteroatoms. The van der Waals surface area contributed by atoms with Gasteiger partial charge in [0.1, 0.15) is 5.82 Å². The Balaban J connectivity index is 1.85. The summed E-state index contributed by atoms with van der Waals surface area (Å²) in [4.78, 5) is 0. The van der Waals surface area contributed by atoms with Crippen LogP contribution in [-0.2, 0) is 18.4 Å². The molecule has 0 amide bonds. The quantitative estimate of drug-likeness (QED) is 0.893. The summed E-state index contributed by atoms with van der Waals surface area (Å²) in [5, 5.41) is 0. The Bertz CT molecular complexity index is 645. The molecule has 0 spiro atoms. The van der Waals surface area contributed by atoms with Crippen molar-refractivity contribution in [2.45, 2.75) is 44.6 Å². The standard InChI is InChI=1S/C19H22FN/c1-13(2)15-5-3-14(4-6-15)12-19(21)10-9-16-11-17(20)7-8-18(16)19/h3-8,11,13H,9-10,12,21H2,1-2H3. The smallest absolute Gasteiger partial charge is 0.123 e. The highest BCUT2D eigenvalue weighted by Gasteiger charge is 2.35. The van der Waals surface area contributed by atoms with E-state index in [1.807, 2.05) is 6.07 Å². The van der Waals surface area contributed by atoms with Crippen molar-refractivity contribution >= 4 is 0 Å². The molecule has 1 aliphatic rings. The van der Waals surface area contributed by atoms with Gasteiger partial charge in [0.15, 0.2) is 0 Å². The molecule has 2 N–H and O–H groups in total. The molecule has 1 nitrogen and oxygen atoms in total. The van der Waals surface area contributed by atoms with Crippen LogP contribution in [0.25, 0.3) is 0 Å². The molecule has 0 radical (unpaired) electrons. The number of aryl methyl sites for hydroxylation is 1. The molecule has 0 saturated heterocycles. The maximum atomic E-state index is 13.3. The van der Waals surface area contributed by atoms with E-state index in [9.17, 15) is 4.39 Å². The number of nitrogens with two attached hydrogens (primary N) is 1. The van der Waals surface area contributed by atoms with Crippen LogP contribution in [0.4, 0.5) is 4.39 Å². The maximum absolute atomic E-state index is 13.3. The Morgan fingerprint density at radius 3 is 2.52 bits per heavy atom. The van der Waals surface area contributed by atoms with Gasteiger partial charge in [0.05, 0.1) is 0 Å². The van der Waals surface area contributed by atoms with Gasteiger partial charge in [-0.1, -0.05) is 44.2 Å². The first-order valence-corrected chi connectivity index (χ1v) is 7.64. The van der Waals surface area contributed by atoms with Crippen LogP contribution in [0.2, 0.25) is 0 Å². The zero-order chi connectivity index (χ0) is 15.0. The van der Waals surface area contributed by atoms with Gasteiger partial charge in [0, 0.05) is 5.54 Å². The van der Waals surface area contributed by atoms with Crippen molar-refractivity contribution in [2.75, 3.05) is 0 Å². The predicted molar refractivity (Wildman–Crippen MR) is 84.8 cm³/mol. The van der Waals surface area contributed by atoms with Gasteiger partial charge in [-0.05, 0) is 59.6 Å². The number of hydrogen-bond donors (Lipinski definition) is 1. The highest BCUT2D eigenvalue weighted by atomic mass is 19.1. The second kappa shape index (κ2) is 5.27. The van der Waals surface area contributed by atoms with Crippen molar-refractivity contribution in [1.29, 1.82) is 0 Å². The highest BCUT2D eigenvalue weighted by Crippen LogP contribution is 2.37. The highest BCUT2D eigenvalue weighted by molar-refractivity contribution is 5.40. The molecule has 0 fully saturated rings. The fourth-order valence-corrected chi connectivity index (χ4v) is 3.32. The average molecular weight is 283 g/mol. The lowest BCUT2D eigenvalue weighted by Gasteiger charge is -2.26. The first kappa shape index (κ1) is 14.3. The van der Waals surface area contributed by atoms with Crippen LogP contribution < -0.4 is 5.73 Å². The molecular weight excluding hydrogens is 261 g/mol. The molecule has 0 aliphatic heterocycles. The minimum Gasteiger partial charge on any atom is -0.321 e. The molecule has 1 unspecified atom stereocenters. The van der Waals surface area contributed by atoms with Crippen molar-refractivity contribution < 1.29 is 4.39 Å². The summed E-state index contributed by atoms with van der Waals surface area (Å²) in [6, 6.07) is 13.7. The lowest BCUT2D eigenvalue weighted by Crippen LogP contribution is -2.36. The van der Waals surface area contributed by atoms with Crippen LogP contribution in [0, 0.1) is 5.82 Å². The van der Waals surface area contributed by atoms with Gasteiger partial charge in [-0.25, -0.2) is 4.39 Å². The second-order valence-electron chi connectivity index (χ2n) is 6.53. The lowest BCUT2D eigenvalue weighted by molar-refractivity contribution is 0.439. The van der Waals surface area contributed by atoms with E-state index in [0.717, 1.165) is 30.4 Å². The Labute approximate surface area is 126 Å². The molecule has 110 valence electrons. The summed E-state index contributed by atoms with van der Waals surface area (Å²) in [6.45, 7) is 4.39. The van der Waals surface area contributed by atoms with Gasteiger partial charge in [0.25, 0.3) is 0 Å². The first-order valence-electron chi connectivity index (χ1n) is 7.64. The van der Waals surface area contributed by atoms with Gasteiger partial charge in [-0.2, -0.15) is 0 Å². The zero-order valence-electron chi connectivity index (χ0n) is 12.7. The van der Waals surface area contributed by atoms with Crippen LogP contribution in [0.1, 0.15) is 48.4 Å². The van der Waals surface area contributed by atoms with Crippen molar-refractivity contribution in [3.05, 3.63) is 70.5 Å². The number of rotatable bonds is 3. The largest absolute Gasteiger partial charge is 0.321 e. The second-order valence-corrected chi connectivity index (χ2v) is 6.53. The molecular formula is C19H22FN. The normalized spacial score (nSPS) is 20.8. The fourth-order valence-electron chi connectivity index (χ4n) is 3.32. The van der Waals surface area contributed by atoms with E-state index in [1.54, 1.807) is 6.07 Å². The monoisotopic (exact) mass is 283 g/mol. The number of halogens is 1. The minimum absolute atomic E-state index is 0.167. The van der Waals surface area contributed by atoms with Crippen molar-refractivity contribution in [2.24, 2.45) is 5.73 Å².